The molecule has 0 bridgehead atoms. The van der Waals surface area contributed by atoms with Crippen molar-refractivity contribution in [2.24, 2.45) is 0 Å². The Hall–Kier alpha value is -3.31. The number of nitro groups is 1. The van der Waals surface area contributed by atoms with E-state index < -0.39 is 4.92 Å². The monoisotopic (exact) mass is 413 g/mol. The molecule has 2 aromatic heterocycles. The first-order valence-electron chi connectivity index (χ1n) is 7.95. The molecule has 11 heteroatoms. The van der Waals surface area contributed by atoms with Crippen LogP contribution in [0.4, 0.5) is 10.8 Å². The second kappa shape index (κ2) is 7.74. The Morgan fingerprint density at radius 1 is 1.18 bits per heavy atom. The SMILES string of the molecule is O=C(CSc1nnc(-c2ccccc2[N+](=O)[O-])o1)Nc1nc2ccccc2s1. The van der Waals surface area contributed by atoms with E-state index in [1.54, 1.807) is 12.1 Å². The third-order valence-corrected chi connectivity index (χ3v) is 5.37. The molecule has 1 amide bonds. The Labute approximate surface area is 166 Å². The summed E-state index contributed by atoms with van der Waals surface area (Å²) in [6.45, 7) is 0. The van der Waals surface area contributed by atoms with Gasteiger partial charge in [0.05, 0.1) is 20.9 Å². The zero-order chi connectivity index (χ0) is 19.5. The number of carbonyl (C=O) groups is 1. The van der Waals surface area contributed by atoms with Crippen LogP contribution < -0.4 is 5.32 Å². The van der Waals surface area contributed by atoms with Crippen LogP contribution in [0.5, 0.6) is 0 Å². The van der Waals surface area contributed by atoms with Crippen LogP contribution in [0.2, 0.25) is 0 Å². The van der Waals surface area contributed by atoms with E-state index in [4.69, 9.17) is 4.42 Å². The number of hydrogen-bond donors (Lipinski definition) is 1. The Bertz CT molecular complexity index is 1140. The molecule has 28 heavy (non-hydrogen) atoms. The molecule has 0 fully saturated rings. The number of amides is 1. The number of aromatic nitrogens is 3. The van der Waals surface area contributed by atoms with Gasteiger partial charge in [-0.05, 0) is 18.2 Å². The average molecular weight is 413 g/mol. The summed E-state index contributed by atoms with van der Waals surface area (Å²) in [4.78, 5) is 27.1. The largest absolute Gasteiger partial charge is 0.411 e. The van der Waals surface area contributed by atoms with Gasteiger partial charge in [0.25, 0.3) is 16.8 Å². The second-order valence-corrected chi connectivity index (χ2v) is 7.43. The molecular weight excluding hydrogens is 402 g/mol. The maximum Gasteiger partial charge on any atom is 0.282 e. The van der Waals surface area contributed by atoms with Gasteiger partial charge >= 0.3 is 0 Å². The van der Waals surface area contributed by atoms with Crippen LogP contribution in [0.15, 0.2) is 58.2 Å². The molecule has 4 aromatic rings. The molecule has 0 saturated heterocycles. The molecule has 0 unspecified atom stereocenters. The number of fused-ring (bicyclic) bond motifs is 1. The Morgan fingerprint density at radius 3 is 2.79 bits per heavy atom. The number of anilines is 1. The lowest BCUT2D eigenvalue weighted by Gasteiger charge is -1.99. The molecule has 0 atom stereocenters. The third-order valence-electron chi connectivity index (χ3n) is 3.60. The average Bonchev–Trinajstić information content (AvgIpc) is 3.32. The molecule has 9 nitrogen and oxygen atoms in total. The highest BCUT2D eigenvalue weighted by atomic mass is 32.2. The van der Waals surface area contributed by atoms with Crippen LogP contribution >= 0.6 is 23.1 Å². The van der Waals surface area contributed by atoms with E-state index in [0.717, 1.165) is 22.0 Å². The zero-order valence-corrected chi connectivity index (χ0v) is 15.7. The van der Waals surface area contributed by atoms with Gasteiger partial charge in [0.1, 0.15) is 5.56 Å². The molecule has 0 aliphatic heterocycles. The number of thiazole rings is 1. The molecule has 140 valence electrons. The summed E-state index contributed by atoms with van der Waals surface area (Å²) in [6.07, 6.45) is 0. The van der Waals surface area contributed by atoms with Crippen molar-refractivity contribution in [3.05, 3.63) is 58.6 Å². The summed E-state index contributed by atoms with van der Waals surface area (Å²) in [6, 6.07) is 13.7. The van der Waals surface area contributed by atoms with Crippen molar-refractivity contribution in [1.29, 1.82) is 0 Å². The molecular formula is C17H11N5O4S2. The molecule has 2 heterocycles. The number of nitrogens with zero attached hydrogens (tertiary/aromatic N) is 4. The smallest absolute Gasteiger partial charge is 0.282 e. The van der Waals surface area contributed by atoms with Crippen molar-refractivity contribution in [3.8, 4) is 11.5 Å². The maximum absolute atomic E-state index is 12.1. The molecule has 0 aliphatic rings. The highest BCUT2D eigenvalue weighted by Gasteiger charge is 2.20. The summed E-state index contributed by atoms with van der Waals surface area (Å²) < 4.78 is 6.44. The number of para-hydroxylation sites is 2. The van der Waals surface area contributed by atoms with Crippen molar-refractivity contribution < 1.29 is 14.1 Å². The number of nitro benzene ring substituents is 1. The Kier molecular flexibility index (Phi) is 5.00. The van der Waals surface area contributed by atoms with Gasteiger partial charge in [0, 0.05) is 6.07 Å². The predicted molar refractivity (Wildman–Crippen MR) is 105 cm³/mol. The van der Waals surface area contributed by atoms with E-state index in [-0.39, 0.29) is 34.0 Å². The lowest BCUT2D eigenvalue weighted by molar-refractivity contribution is -0.384. The first-order valence-corrected chi connectivity index (χ1v) is 9.76. The van der Waals surface area contributed by atoms with E-state index in [1.807, 2.05) is 24.3 Å². The number of thioether (sulfide) groups is 1. The van der Waals surface area contributed by atoms with Crippen molar-refractivity contribution in [3.63, 3.8) is 0 Å². The van der Waals surface area contributed by atoms with Crippen molar-refractivity contribution in [1.82, 2.24) is 15.2 Å². The van der Waals surface area contributed by atoms with Gasteiger partial charge in [-0.3, -0.25) is 14.9 Å². The first-order chi connectivity index (χ1) is 13.6. The Balaban J connectivity index is 1.40. The standard InChI is InChI=1S/C17H11N5O4S2/c23-14(19-16-18-11-6-2-4-8-13(11)28-16)9-27-17-21-20-15(26-17)10-5-1-3-7-12(10)22(24)25/h1-8H,9H2,(H,18,19,23). The van der Waals surface area contributed by atoms with Crippen molar-refractivity contribution in [2.75, 3.05) is 11.1 Å². The summed E-state index contributed by atoms with van der Waals surface area (Å²) in [5.74, 6) is -0.204. The summed E-state index contributed by atoms with van der Waals surface area (Å²) in [5.41, 5.74) is 0.920. The number of hydrogen-bond acceptors (Lipinski definition) is 9. The third kappa shape index (κ3) is 3.85. The van der Waals surface area contributed by atoms with Gasteiger partial charge in [0.2, 0.25) is 5.91 Å². The summed E-state index contributed by atoms with van der Waals surface area (Å²) in [7, 11) is 0. The van der Waals surface area contributed by atoms with E-state index in [9.17, 15) is 14.9 Å². The van der Waals surface area contributed by atoms with Crippen LogP contribution in [0.3, 0.4) is 0 Å². The minimum absolute atomic E-state index is 0.0291. The predicted octanol–water partition coefficient (Wildman–Crippen LogP) is 3.99. The van der Waals surface area contributed by atoms with Crippen LogP contribution in [-0.2, 0) is 4.79 Å². The highest BCUT2D eigenvalue weighted by Crippen LogP contribution is 2.30. The molecule has 0 spiro atoms. The van der Waals surface area contributed by atoms with Crippen LogP contribution in [-0.4, -0.2) is 31.8 Å². The Morgan fingerprint density at radius 2 is 1.96 bits per heavy atom. The number of benzene rings is 2. The van der Waals surface area contributed by atoms with Crippen molar-refractivity contribution in [2.45, 2.75) is 5.22 Å². The molecule has 2 aromatic carbocycles. The lowest BCUT2D eigenvalue weighted by Crippen LogP contribution is -2.13. The lowest BCUT2D eigenvalue weighted by atomic mass is 10.2. The quantitative estimate of drug-likeness (QED) is 0.286. The minimum atomic E-state index is -0.516. The second-order valence-electron chi connectivity index (χ2n) is 5.47. The zero-order valence-electron chi connectivity index (χ0n) is 14.1. The van der Waals surface area contributed by atoms with E-state index >= 15 is 0 Å². The van der Waals surface area contributed by atoms with Crippen molar-refractivity contribution >= 4 is 50.0 Å². The summed E-state index contributed by atoms with van der Waals surface area (Å²) >= 11 is 2.42. The van der Waals surface area contributed by atoms with E-state index in [2.05, 4.69) is 20.5 Å². The van der Waals surface area contributed by atoms with Gasteiger partial charge in [-0.25, -0.2) is 4.98 Å². The topological polar surface area (TPSA) is 124 Å². The minimum Gasteiger partial charge on any atom is -0.411 e. The van der Waals surface area contributed by atoms with Gasteiger partial charge in [-0.1, -0.05) is 47.4 Å². The molecule has 1 N–H and O–H groups in total. The number of rotatable bonds is 6. The van der Waals surface area contributed by atoms with Gasteiger partial charge in [-0.15, -0.1) is 10.2 Å². The van der Waals surface area contributed by atoms with E-state index in [0.29, 0.717) is 5.13 Å². The highest BCUT2D eigenvalue weighted by molar-refractivity contribution is 7.99. The number of carbonyl (C=O) groups excluding carboxylic acids is 1. The summed E-state index contributed by atoms with van der Waals surface area (Å²) in [5, 5.41) is 22.2. The maximum atomic E-state index is 12.1. The number of nitrogens with one attached hydrogen (secondary N) is 1. The van der Waals surface area contributed by atoms with Gasteiger partial charge in [0.15, 0.2) is 5.13 Å². The van der Waals surface area contributed by atoms with Crippen LogP contribution in [0.25, 0.3) is 21.7 Å². The van der Waals surface area contributed by atoms with Crippen LogP contribution in [0.1, 0.15) is 0 Å². The fourth-order valence-corrected chi connectivity index (χ4v) is 3.84. The molecule has 4 rings (SSSR count). The van der Waals surface area contributed by atoms with E-state index in [1.165, 1.54) is 23.5 Å². The fourth-order valence-electron chi connectivity index (χ4n) is 2.40. The molecule has 0 saturated carbocycles. The molecule has 0 aliphatic carbocycles. The van der Waals surface area contributed by atoms with Gasteiger partial charge in [-0.2, -0.15) is 0 Å². The molecule has 0 radical (unpaired) electrons. The fraction of sp³-hybridized carbons (Fsp3) is 0.0588. The van der Waals surface area contributed by atoms with Gasteiger partial charge < -0.3 is 9.73 Å². The normalized spacial score (nSPS) is 10.9. The first kappa shape index (κ1) is 18.1. The van der Waals surface area contributed by atoms with Crippen LogP contribution in [0, 0.1) is 10.1 Å².